The average Bonchev–Trinajstić information content (AvgIpc) is 2.69. The SMILES string of the molecule is CC(C)c1cccc(NC(N)=NCCN2CCN(c3ncccn3)CC2)c1.I. The van der Waals surface area contributed by atoms with E-state index in [4.69, 9.17) is 5.73 Å². The first kappa shape index (κ1) is 22.4. The lowest BCUT2D eigenvalue weighted by molar-refractivity contribution is 0.264. The molecule has 3 N–H and O–H groups in total. The Morgan fingerprint density at radius 1 is 1.14 bits per heavy atom. The summed E-state index contributed by atoms with van der Waals surface area (Å²) in [4.78, 5) is 17.7. The fourth-order valence-electron chi connectivity index (χ4n) is 3.10. The average molecular weight is 495 g/mol. The number of rotatable bonds is 6. The third-order valence-electron chi connectivity index (χ3n) is 4.73. The molecule has 0 spiro atoms. The zero-order valence-corrected chi connectivity index (χ0v) is 18.9. The lowest BCUT2D eigenvalue weighted by Crippen LogP contribution is -2.47. The van der Waals surface area contributed by atoms with Crippen LogP contribution in [0.5, 0.6) is 0 Å². The van der Waals surface area contributed by atoms with Crippen LogP contribution in [0.2, 0.25) is 0 Å². The molecule has 0 aliphatic carbocycles. The van der Waals surface area contributed by atoms with Gasteiger partial charge in [0, 0.05) is 50.8 Å². The van der Waals surface area contributed by atoms with Crippen molar-refractivity contribution in [3.8, 4) is 0 Å². The maximum atomic E-state index is 6.04. The molecule has 8 heteroatoms. The van der Waals surface area contributed by atoms with Crippen molar-refractivity contribution in [3.63, 3.8) is 0 Å². The molecular weight excluding hydrogens is 465 g/mol. The van der Waals surface area contributed by atoms with E-state index in [2.05, 4.69) is 56.1 Å². The summed E-state index contributed by atoms with van der Waals surface area (Å²) in [5, 5.41) is 3.19. The quantitative estimate of drug-likeness (QED) is 0.365. The first-order valence-electron chi connectivity index (χ1n) is 9.53. The number of anilines is 2. The largest absolute Gasteiger partial charge is 0.370 e. The van der Waals surface area contributed by atoms with Gasteiger partial charge in [-0.15, -0.1) is 24.0 Å². The van der Waals surface area contributed by atoms with Crippen LogP contribution in [-0.4, -0.2) is 60.1 Å². The molecule has 0 unspecified atom stereocenters. The van der Waals surface area contributed by atoms with Crippen LogP contribution >= 0.6 is 24.0 Å². The molecular formula is C20H30IN7. The van der Waals surface area contributed by atoms with Crippen LogP contribution in [0.1, 0.15) is 25.3 Å². The second-order valence-corrected chi connectivity index (χ2v) is 7.05. The second-order valence-electron chi connectivity index (χ2n) is 7.05. The van der Waals surface area contributed by atoms with Crippen molar-refractivity contribution in [2.24, 2.45) is 10.7 Å². The third kappa shape index (κ3) is 6.59. The Morgan fingerprint density at radius 3 is 2.54 bits per heavy atom. The number of guanidine groups is 1. The molecule has 0 amide bonds. The number of piperazine rings is 1. The zero-order chi connectivity index (χ0) is 19.1. The molecule has 1 saturated heterocycles. The van der Waals surface area contributed by atoms with Gasteiger partial charge in [-0.3, -0.25) is 9.89 Å². The van der Waals surface area contributed by atoms with Crippen molar-refractivity contribution in [3.05, 3.63) is 48.3 Å². The van der Waals surface area contributed by atoms with Gasteiger partial charge in [0.05, 0.1) is 6.54 Å². The van der Waals surface area contributed by atoms with Gasteiger partial charge in [-0.2, -0.15) is 0 Å². The lowest BCUT2D eigenvalue weighted by atomic mass is 10.0. The summed E-state index contributed by atoms with van der Waals surface area (Å²) in [7, 11) is 0. The van der Waals surface area contributed by atoms with E-state index in [1.165, 1.54) is 5.56 Å². The van der Waals surface area contributed by atoms with E-state index in [1.807, 2.05) is 18.2 Å². The maximum absolute atomic E-state index is 6.04. The molecule has 7 nitrogen and oxygen atoms in total. The van der Waals surface area contributed by atoms with Crippen LogP contribution in [-0.2, 0) is 0 Å². The van der Waals surface area contributed by atoms with Gasteiger partial charge >= 0.3 is 0 Å². The number of nitrogens with two attached hydrogens (primary N) is 1. The highest BCUT2D eigenvalue weighted by molar-refractivity contribution is 14.0. The molecule has 1 aliphatic heterocycles. The maximum Gasteiger partial charge on any atom is 0.225 e. The minimum Gasteiger partial charge on any atom is -0.370 e. The minimum absolute atomic E-state index is 0. The predicted octanol–water partition coefficient (Wildman–Crippen LogP) is 2.77. The van der Waals surface area contributed by atoms with Crippen LogP contribution < -0.4 is 16.0 Å². The summed E-state index contributed by atoms with van der Waals surface area (Å²) in [6.07, 6.45) is 3.58. The molecule has 2 heterocycles. The molecule has 0 saturated carbocycles. The predicted molar refractivity (Wildman–Crippen MR) is 127 cm³/mol. The summed E-state index contributed by atoms with van der Waals surface area (Å²) >= 11 is 0. The summed E-state index contributed by atoms with van der Waals surface area (Å²) < 4.78 is 0. The van der Waals surface area contributed by atoms with E-state index < -0.39 is 0 Å². The molecule has 1 aliphatic rings. The molecule has 3 rings (SSSR count). The van der Waals surface area contributed by atoms with Crippen LogP contribution in [0.4, 0.5) is 11.6 Å². The number of benzene rings is 1. The van der Waals surface area contributed by atoms with Crippen molar-refractivity contribution >= 4 is 41.6 Å². The molecule has 0 atom stereocenters. The van der Waals surface area contributed by atoms with E-state index in [1.54, 1.807) is 12.4 Å². The van der Waals surface area contributed by atoms with Crippen molar-refractivity contribution in [1.82, 2.24) is 14.9 Å². The van der Waals surface area contributed by atoms with Crippen molar-refractivity contribution in [2.45, 2.75) is 19.8 Å². The van der Waals surface area contributed by atoms with Crippen LogP contribution in [0.25, 0.3) is 0 Å². The van der Waals surface area contributed by atoms with Gasteiger partial charge in [-0.25, -0.2) is 9.97 Å². The summed E-state index contributed by atoms with van der Waals surface area (Å²) in [6, 6.07) is 10.1. The smallest absolute Gasteiger partial charge is 0.225 e. The van der Waals surface area contributed by atoms with E-state index in [-0.39, 0.29) is 24.0 Å². The van der Waals surface area contributed by atoms with Crippen LogP contribution in [0.3, 0.4) is 0 Å². The number of hydrogen-bond donors (Lipinski definition) is 2. The van der Waals surface area contributed by atoms with E-state index in [0.29, 0.717) is 18.4 Å². The Labute approximate surface area is 184 Å². The number of aromatic nitrogens is 2. The second kappa shape index (κ2) is 11.2. The van der Waals surface area contributed by atoms with E-state index in [0.717, 1.165) is 44.4 Å². The van der Waals surface area contributed by atoms with Crippen LogP contribution in [0, 0.1) is 0 Å². The number of nitrogens with zero attached hydrogens (tertiary/aromatic N) is 5. The van der Waals surface area contributed by atoms with Gasteiger partial charge in [-0.05, 0) is 29.7 Å². The molecule has 1 aromatic carbocycles. The zero-order valence-electron chi connectivity index (χ0n) is 16.6. The molecule has 28 heavy (non-hydrogen) atoms. The van der Waals surface area contributed by atoms with Gasteiger partial charge < -0.3 is 16.0 Å². The van der Waals surface area contributed by atoms with Crippen molar-refractivity contribution in [1.29, 1.82) is 0 Å². The number of halogens is 1. The van der Waals surface area contributed by atoms with E-state index >= 15 is 0 Å². The highest BCUT2D eigenvalue weighted by Crippen LogP contribution is 2.18. The molecule has 1 aromatic heterocycles. The fraction of sp³-hybridized carbons (Fsp3) is 0.450. The summed E-state index contributed by atoms with van der Waals surface area (Å²) in [5.41, 5.74) is 8.31. The Hall–Kier alpha value is -1.94. The van der Waals surface area contributed by atoms with Gasteiger partial charge in [0.25, 0.3) is 0 Å². The monoisotopic (exact) mass is 495 g/mol. The van der Waals surface area contributed by atoms with Gasteiger partial charge in [0.1, 0.15) is 0 Å². The Bertz CT molecular complexity index is 743. The lowest BCUT2D eigenvalue weighted by Gasteiger charge is -2.34. The highest BCUT2D eigenvalue weighted by atomic mass is 127. The highest BCUT2D eigenvalue weighted by Gasteiger charge is 2.18. The Balaban J connectivity index is 0.00000280. The molecule has 0 bridgehead atoms. The molecule has 152 valence electrons. The Kier molecular flexibility index (Phi) is 8.91. The summed E-state index contributed by atoms with van der Waals surface area (Å²) in [5.74, 6) is 1.77. The first-order valence-corrected chi connectivity index (χ1v) is 9.53. The fourth-order valence-corrected chi connectivity index (χ4v) is 3.10. The number of aliphatic imine (C=N–C) groups is 1. The van der Waals surface area contributed by atoms with Gasteiger partial charge in [-0.1, -0.05) is 26.0 Å². The molecule has 0 radical (unpaired) electrons. The Morgan fingerprint density at radius 2 is 1.86 bits per heavy atom. The minimum atomic E-state index is 0. The number of hydrogen-bond acceptors (Lipinski definition) is 5. The number of nitrogens with one attached hydrogen (secondary N) is 1. The van der Waals surface area contributed by atoms with Crippen LogP contribution in [0.15, 0.2) is 47.7 Å². The summed E-state index contributed by atoms with van der Waals surface area (Å²) in [6.45, 7) is 9.78. The normalized spacial score (nSPS) is 15.4. The van der Waals surface area contributed by atoms with Crippen molar-refractivity contribution in [2.75, 3.05) is 49.5 Å². The van der Waals surface area contributed by atoms with Crippen molar-refractivity contribution < 1.29 is 0 Å². The van der Waals surface area contributed by atoms with E-state index in [9.17, 15) is 0 Å². The van der Waals surface area contributed by atoms with Gasteiger partial charge in [0.15, 0.2) is 5.96 Å². The van der Waals surface area contributed by atoms with Gasteiger partial charge in [0.2, 0.25) is 5.95 Å². The third-order valence-corrected chi connectivity index (χ3v) is 4.73. The molecule has 2 aromatic rings. The molecule has 1 fully saturated rings. The standard InChI is InChI=1S/C20H29N7.HI/c1-16(2)17-5-3-6-18(15-17)25-19(21)22-9-10-26-11-13-27(14-12-26)20-23-7-4-8-24-20;/h3-8,15-16H,9-14H2,1-2H3,(H3,21,22,25);1H. The first-order chi connectivity index (χ1) is 13.1. The topological polar surface area (TPSA) is 82.7 Å².